The lowest BCUT2D eigenvalue weighted by Crippen LogP contribution is -2.32. The third-order valence-electron chi connectivity index (χ3n) is 1.15. The van der Waals surface area contributed by atoms with E-state index in [9.17, 15) is 13.2 Å². The molecule has 0 aromatic heterocycles. The molecule has 0 aliphatic carbocycles. The number of hydrogen-bond donors (Lipinski definition) is 2. The maximum Gasteiger partial charge on any atom is 0.429 e. The quantitative estimate of drug-likeness (QED) is 0.576. The standard InChI is InChI=1S/C5H9F3N2/c1-3(2-9)4(10)5(6,7)8/h3,10H,2,9H2,1H3. The zero-order valence-electron chi connectivity index (χ0n) is 5.50. The molecule has 0 rings (SSSR count). The van der Waals surface area contributed by atoms with Crippen LogP contribution in [0.3, 0.4) is 0 Å². The van der Waals surface area contributed by atoms with Crippen LogP contribution in [-0.2, 0) is 0 Å². The van der Waals surface area contributed by atoms with Gasteiger partial charge in [-0.3, -0.25) is 0 Å². The molecule has 0 aromatic rings. The summed E-state index contributed by atoms with van der Waals surface area (Å²) < 4.78 is 34.8. The summed E-state index contributed by atoms with van der Waals surface area (Å²) in [5, 5.41) is 6.54. The van der Waals surface area contributed by atoms with Crippen molar-refractivity contribution < 1.29 is 13.2 Å². The molecule has 60 valence electrons. The molecular weight excluding hydrogens is 145 g/mol. The molecule has 0 radical (unpaired) electrons. The van der Waals surface area contributed by atoms with E-state index >= 15 is 0 Å². The first-order valence-electron chi connectivity index (χ1n) is 2.75. The third-order valence-corrected chi connectivity index (χ3v) is 1.15. The molecule has 10 heavy (non-hydrogen) atoms. The van der Waals surface area contributed by atoms with Gasteiger partial charge in [0.25, 0.3) is 0 Å². The second-order valence-electron chi connectivity index (χ2n) is 2.05. The van der Waals surface area contributed by atoms with Crippen molar-refractivity contribution in [3.63, 3.8) is 0 Å². The molecule has 0 heterocycles. The van der Waals surface area contributed by atoms with Gasteiger partial charge in [0.2, 0.25) is 0 Å². The Morgan fingerprint density at radius 1 is 1.60 bits per heavy atom. The molecule has 0 saturated carbocycles. The fourth-order valence-electron chi connectivity index (χ4n) is 0.397. The topological polar surface area (TPSA) is 49.9 Å². The van der Waals surface area contributed by atoms with Gasteiger partial charge in [0.1, 0.15) is 5.71 Å². The van der Waals surface area contributed by atoms with Crippen molar-refractivity contribution in [2.24, 2.45) is 11.7 Å². The van der Waals surface area contributed by atoms with Crippen LogP contribution in [-0.4, -0.2) is 18.4 Å². The zero-order chi connectivity index (χ0) is 8.36. The molecule has 1 atom stereocenters. The second-order valence-corrected chi connectivity index (χ2v) is 2.05. The van der Waals surface area contributed by atoms with Crippen molar-refractivity contribution in [1.82, 2.24) is 0 Å². The van der Waals surface area contributed by atoms with Crippen LogP contribution in [0.25, 0.3) is 0 Å². The first kappa shape index (κ1) is 9.42. The maximum atomic E-state index is 11.6. The van der Waals surface area contributed by atoms with Gasteiger partial charge >= 0.3 is 6.18 Å². The van der Waals surface area contributed by atoms with Crippen molar-refractivity contribution in [3.8, 4) is 0 Å². The van der Waals surface area contributed by atoms with E-state index in [-0.39, 0.29) is 6.54 Å². The number of alkyl halides is 3. The summed E-state index contributed by atoms with van der Waals surface area (Å²) in [5.41, 5.74) is 3.67. The highest BCUT2D eigenvalue weighted by atomic mass is 19.4. The molecule has 0 fully saturated rings. The summed E-state index contributed by atoms with van der Waals surface area (Å²) in [6.45, 7) is 1.13. The van der Waals surface area contributed by atoms with Crippen molar-refractivity contribution in [3.05, 3.63) is 0 Å². The molecule has 1 unspecified atom stereocenters. The van der Waals surface area contributed by atoms with Crippen LogP contribution in [0.15, 0.2) is 0 Å². The summed E-state index contributed by atoms with van der Waals surface area (Å²) in [6, 6.07) is 0. The van der Waals surface area contributed by atoms with Gasteiger partial charge in [0, 0.05) is 12.5 Å². The van der Waals surface area contributed by atoms with E-state index in [4.69, 9.17) is 11.1 Å². The van der Waals surface area contributed by atoms with E-state index in [1.165, 1.54) is 6.92 Å². The summed E-state index contributed by atoms with van der Waals surface area (Å²) in [6.07, 6.45) is -4.52. The molecule has 0 spiro atoms. The van der Waals surface area contributed by atoms with Crippen molar-refractivity contribution >= 4 is 5.71 Å². The van der Waals surface area contributed by atoms with Crippen LogP contribution in [0.5, 0.6) is 0 Å². The van der Waals surface area contributed by atoms with Gasteiger partial charge in [-0.2, -0.15) is 13.2 Å². The lowest BCUT2D eigenvalue weighted by atomic mass is 10.1. The first-order valence-corrected chi connectivity index (χ1v) is 2.75. The molecule has 5 heteroatoms. The number of nitrogens with two attached hydrogens (primary N) is 1. The van der Waals surface area contributed by atoms with E-state index < -0.39 is 17.8 Å². The highest BCUT2D eigenvalue weighted by molar-refractivity contribution is 5.88. The predicted octanol–water partition coefficient (Wildman–Crippen LogP) is 1.16. The van der Waals surface area contributed by atoms with Gasteiger partial charge in [-0.25, -0.2) is 0 Å². The van der Waals surface area contributed by atoms with E-state index in [0.29, 0.717) is 0 Å². The molecule has 0 bridgehead atoms. The average molecular weight is 154 g/mol. The Labute approximate surface area is 56.7 Å². The number of hydrogen-bond acceptors (Lipinski definition) is 2. The second kappa shape index (κ2) is 3.01. The van der Waals surface area contributed by atoms with Crippen molar-refractivity contribution in [2.45, 2.75) is 13.1 Å². The fraction of sp³-hybridized carbons (Fsp3) is 0.800. The van der Waals surface area contributed by atoms with Gasteiger partial charge < -0.3 is 11.1 Å². The zero-order valence-corrected chi connectivity index (χ0v) is 5.50. The first-order chi connectivity index (χ1) is 4.39. The summed E-state index contributed by atoms with van der Waals surface area (Å²) in [7, 11) is 0. The number of rotatable bonds is 2. The van der Waals surface area contributed by atoms with Crippen LogP contribution in [0.4, 0.5) is 13.2 Å². The Kier molecular flexibility index (Phi) is 2.83. The number of halogens is 3. The molecule has 0 aliphatic rings. The van der Waals surface area contributed by atoms with Crippen LogP contribution in [0.1, 0.15) is 6.92 Å². The predicted molar refractivity (Wildman–Crippen MR) is 32.0 cm³/mol. The van der Waals surface area contributed by atoms with Crippen molar-refractivity contribution in [2.75, 3.05) is 6.54 Å². The SMILES string of the molecule is CC(CN)C(=N)C(F)(F)F. The van der Waals surface area contributed by atoms with Crippen LogP contribution in [0.2, 0.25) is 0 Å². The lowest BCUT2D eigenvalue weighted by molar-refractivity contribution is -0.0632. The highest BCUT2D eigenvalue weighted by Crippen LogP contribution is 2.20. The van der Waals surface area contributed by atoms with Crippen LogP contribution in [0, 0.1) is 11.3 Å². The largest absolute Gasteiger partial charge is 0.429 e. The van der Waals surface area contributed by atoms with E-state index in [1.807, 2.05) is 0 Å². The van der Waals surface area contributed by atoms with Gasteiger partial charge in [0.15, 0.2) is 0 Å². The minimum Gasteiger partial charge on any atom is -0.330 e. The Balaban J connectivity index is 4.09. The normalized spacial score (nSPS) is 14.9. The maximum absolute atomic E-state index is 11.6. The summed E-state index contributed by atoms with van der Waals surface area (Å²) in [5.74, 6) is -0.903. The molecule has 0 aliphatic heterocycles. The lowest BCUT2D eigenvalue weighted by Gasteiger charge is -2.12. The third kappa shape index (κ3) is 2.34. The smallest absolute Gasteiger partial charge is 0.330 e. The summed E-state index contributed by atoms with van der Waals surface area (Å²) >= 11 is 0. The monoisotopic (exact) mass is 154 g/mol. The Hall–Kier alpha value is -0.580. The average Bonchev–Trinajstić information content (AvgIpc) is 1.83. The van der Waals surface area contributed by atoms with E-state index in [2.05, 4.69) is 0 Å². The fourth-order valence-corrected chi connectivity index (χ4v) is 0.397. The summed E-state index contributed by atoms with van der Waals surface area (Å²) in [4.78, 5) is 0. The molecule has 0 saturated heterocycles. The molecule has 0 amide bonds. The Bertz CT molecular complexity index is 129. The number of nitrogens with one attached hydrogen (secondary N) is 1. The van der Waals surface area contributed by atoms with Gasteiger partial charge in [0.05, 0.1) is 0 Å². The van der Waals surface area contributed by atoms with Gasteiger partial charge in [-0.1, -0.05) is 6.92 Å². The minimum atomic E-state index is -4.52. The molecular formula is C5H9F3N2. The van der Waals surface area contributed by atoms with Crippen LogP contribution >= 0.6 is 0 Å². The Morgan fingerprint density at radius 3 is 2.10 bits per heavy atom. The molecule has 2 nitrogen and oxygen atoms in total. The molecule has 3 N–H and O–H groups in total. The highest BCUT2D eigenvalue weighted by Gasteiger charge is 2.36. The van der Waals surface area contributed by atoms with E-state index in [1.54, 1.807) is 0 Å². The van der Waals surface area contributed by atoms with Gasteiger partial charge in [-0.15, -0.1) is 0 Å². The Morgan fingerprint density at radius 2 is 2.00 bits per heavy atom. The van der Waals surface area contributed by atoms with Crippen molar-refractivity contribution in [1.29, 1.82) is 5.41 Å². The van der Waals surface area contributed by atoms with Gasteiger partial charge in [-0.05, 0) is 0 Å². The van der Waals surface area contributed by atoms with E-state index in [0.717, 1.165) is 0 Å². The minimum absolute atomic E-state index is 0.141. The van der Waals surface area contributed by atoms with Crippen LogP contribution < -0.4 is 5.73 Å². The molecule has 0 aromatic carbocycles.